The molecule has 0 fully saturated rings. The van der Waals surface area contributed by atoms with Gasteiger partial charge in [0.05, 0.1) is 17.6 Å². The predicted molar refractivity (Wildman–Crippen MR) is 86.1 cm³/mol. The van der Waals surface area contributed by atoms with Crippen molar-refractivity contribution in [3.8, 4) is 0 Å². The molecule has 0 aliphatic rings. The highest BCUT2D eigenvalue weighted by Crippen LogP contribution is 2.25. The lowest BCUT2D eigenvalue weighted by atomic mass is 10.2. The van der Waals surface area contributed by atoms with Gasteiger partial charge in [0.25, 0.3) is 0 Å². The van der Waals surface area contributed by atoms with E-state index >= 15 is 0 Å². The highest BCUT2D eigenvalue weighted by atomic mass is 16.3. The van der Waals surface area contributed by atoms with Gasteiger partial charge in [-0.05, 0) is 43.3 Å². The molecule has 0 saturated heterocycles. The summed E-state index contributed by atoms with van der Waals surface area (Å²) in [5.74, 6) is 1.62. The van der Waals surface area contributed by atoms with Crippen molar-refractivity contribution >= 4 is 17.6 Å². The molecular formula is C18H16N2O. The number of hydrogen-bond acceptors (Lipinski definition) is 3. The molecule has 0 spiro atoms. The van der Waals surface area contributed by atoms with Crippen molar-refractivity contribution in [2.24, 2.45) is 5.10 Å². The van der Waals surface area contributed by atoms with E-state index in [2.05, 4.69) is 5.10 Å². The molecule has 3 rings (SSSR count). The maximum atomic E-state index is 5.53. The van der Waals surface area contributed by atoms with Crippen LogP contribution in [-0.4, -0.2) is 6.21 Å². The van der Waals surface area contributed by atoms with Crippen LogP contribution in [0.2, 0.25) is 0 Å². The number of nitrogens with zero attached hydrogens (tertiary/aromatic N) is 2. The third-order valence-corrected chi connectivity index (χ3v) is 3.06. The maximum absolute atomic E-state index is 5.53. The highest BCUT2D eigenvalue weighted by Gasteiger charge is 2.06. The van der Waals surface area contributed by atoms with Gasteiger partial charge in [0.15, 0.2) is 0 Å². The summed E-state index contributed by atoms with van der Waals surface area (Å²) in [6.07, 6.45) is 1.73. The average molecular weight is 276 g/mol. The summed E-state index contributed by atoms with van der Waals surface area (Å²) in [6, 6.07) is 23.9. The van der Waals surface area contributed by atoms with Gasteiger partial charge in [-0.15, -0.1) is 0 Å². The summed E-state index contributed by atoms with van der Waals surface area (Å²) in [6.45, 7) is 1.92. The minimum atomic E-state index is 0.740. The first-order valence-corrected chi connectivity index (χ1v) is 6.83. The van der Waals surface area contributed by atoms with Gasteiger partial charge in [-0.2, -0.15) is 5.10 Å². The van der Waals surface area contributed by atoms with Crippen molar-refractivity contribution in [1.29, 1.82) is 0 Å². The Kier molecular flexibility index (Phi) is 3.83. The van der Waals surface area contributed by atoms with E-state index < -0.39 is 0 Å². The van der Waals surface area contributed by atoms with E-state index in [1.165, 1.54) is 0 Å². The lowest BCUT2D eigenvalue weighted by Crippen LogP contribution is -2.08. The highest BCUT2D eigenvalue weighted by molar-refractivity contribution is 5.78. The number of para-hydroxylation sites is 2. The molecule has 0 N–H and O–H groups in total. The van der Waals surface area contributed by atoms with Crippen LogP contribution in [-0.2, 0) is 0 Å². The zero-order valence-electron chi connectivity index (χ0n) is 11.8. The van der Waals surface area contributed by atoms with Crippen molar-refractivity contribution in [2.45, 2.75) is 6.92 Å². The third-order valence-electron chi connectivity index (χ3n) is 3.06. The van der Waals surface area contributed by atoms with Gasteiger partial charge in [-0.3, -0.25) is 0 Å². The topological polar surface area (TPSA) is 28.7 Å². The van der Waals surface area contributed by atoms with Crippen LogP contribution in [0.4, 0.5) is 11.4 Å². The fraction of sp³-hybridized carbons (Fsp3) is 0.0556. The SMILES string of the molecule is Cc1ccc(/C=N\N(c2ccccc2)c2ccccc2)o1. The lowest BCUT2D eigenvalue weighted by molar-refractivity contribution is 0.528. The number of rotatable bonds is 4. The second kappa shape index (κ2) is 6.09. The smallest absolute Gasteiger partial charge is 0.147 e. The number of anilines is 2. The quantitative estimate of drug-likeness (QED) is 0.507. The van der Waals surface area contributed by atoms with Crippen LogP contribution in [0.1, 0.15) is 11.5 Å². The molecule has 0 amide bonds. The van der Waals surface area contributed by atoms with Gasteiger partial charge in [0.2, 0.25) is 0 Å². The van der Waals surface area contributed by atoms with Gasteiger partial charge in [-0.25, -0.2) is 5.01 Å². The summed E-state index contributed by atoms with van der Waals surface area (Å²) >= 11 is 0. The van der Waals surface area contributed by atoms with Gasteiger partial charge < -0.3 is 4.42 Å². The Bertz CT molecular complexity index is 678. The van der Waals surface area contributed by atoms with Crippen LogP contribution in [0.5, 0.6) is 0 Å². The molecule has 21 heavy (non-hydrogen) atoms. The molecule has 3 nitrogen and oxygen atoms in total. The van der Waals surface area contributed by atoms with E-state index in [4.69, 9.17) is 4.42 Å². The van der Waals surface area contributed by atoms with E-state index in [9.17, 15) is 0 Å². The Morgan fingerprint density at radius 1 is 0.810 bits per heavy atom. The Hall–Kier alpha value is -2.81. The fourth-order valence-corrected chi connectivity index (χ4v) is 2.06. The van der Waals surface area contributed by atoms with E-state index in [1.807, 2.05) is 84.7 Å². The monoisotopic (exact) mass is 276 g/mol. The van der Waals surface area contributed by atoms with Crippen molar-refractivity contribution in [3.05, 3.63) is 84.3 Å². The van der Waals surface area contributed by atoms with Gasteiger partial charge in [-0.1, -0.05) is 36.4 Å². The molecule has 3 aromatic rings. The largest absolute Gasteiger partial charge is 0.460 e. The van der Waals surface area contributed by atoms with E-state index in [0.717, 1.165) is 22.9 Å². The van der Waals surface area contributed by atoms with Gasteiger partial charge in [0, 0.05) is 0 Å². The van der Waals surface area contributed by atoms with Gasteiger partial charge >= 0.3 is 0 Å². The molecule has 0 aliphatic heterocycles. The van der Waals surface area contributed by atoms with Crippen molar-refractivity contribution in [1.82, 2.24) is 0 Å². The molecule has 1 aromatic heterocycles. The van der Waals surface area contributed by atoms with Crippen molar-refractivity contribution in [3.63, 3.8) is 0 Å². The minimum Gasteiger partial charge on any atom is -0.460 e. The average Bonchev–Trinajstić information content (AvgIpc) is 2.95. The summed E-state index contributed by atoms with van der Waals surface area (Å²) in [5.41, 5.74) is 2.01. The fourth-order valence-electron chi connectivity index (χ4n) is 2.06. The second-order valence-electron chi connectivity index (χ2n) is 4.68. The van der Waals surface area contributed by atoms with Crippen molar-refractivity contribution < 1.29 is 4.42 Å². The molecule has 3 heteroatoms. The molecule has 0 radical (unpaired) electrons. The standard InChI is InChI=1S/C18H16N2O/c1-15-12-13-18(21-15)14-19-20(16-8-4-2-5-9-16)17-10-6-3-7-11-17/h2-14H,1H3/b19-14-. The number of furan rings is 1. The van der Waals surface area contributed by atoms with E-state index in [0.29, 0.717) is 0 Å². The first kappa shape index (κ1) is 13.2. The minimum absolute atomic E-state index is 0.740. The predicted octanol–water partition coefficient (Wildman–Crippen LogP) is 4.76. The summed E-state index contributed by atoms with van der Waals surface area (Å²) in [7, 11) is 0. The molecule has 0 unspecified atom stereocenters. The van der Waals surface area contributed by atoms with Crippen LogP contribution < -0.4 is 5.01 Å². The molecule has 1 heterocycles. The molecule has 104 valence electrons. The first-order chi connectivity index (χ1) is 10.3. The summed E-state index contributed by atoms with van der Waals surface area (Å²) in [4.78, 5) is 0. The molecule has 2 aromatic carbocycles. The molecular weight excluding hydrogens is 260 g/mol. The molecule has 0 saturated carbocycles. The number of aryl methyl sites for hydroxylation is 1. The molecule has 0 bridgehead atoms. The van der Waals surface area contributed by atoms with Crippen LogP contribution in [0.25, 0.3) is 0 Å². The van der Waals surface area contributed by atoms with Crippen LogP contribution in [0.15, 0.2) is 82.3 Å². The Labute approximate surface area is 124 Å². The number of benzene rings is 2. The molecule has 0 atom stereocenters. The van der Waals surface area contributed by atoms with Crippen LogP contribution in [0.3, 0.4) is 0 Å². The zero-order chi connectivity index (χ0) is 14.5. The Morgan fingerprint density at radius 3 is 1.86 bits per heavy atom. The van der Waals surface area contributed by atoms with Crippen LogP contribution >= 0.6 is 0 Å². The summed E-state index contributed by atoms with van der Waals surface area (Å²) < 4.78 is 5.53. The second-order valence-corrected chi connectivity index (χ2v) is 4.68. The molecule has 0 aliphatic carbocycles. The van der Waals surface area contributed by atoms with Crippen LogP contribution in [0, 0.1) is 6.92 Å². The lowest BCUT2D eigenvalue weighted by Gasteiger charge is -2.18. The Balaban J connectivity index is 1.95. The normalized spacial score (nSPS) is 10.9. The van der Waals surface area contributed by atoms with Gasteiger partial charge in [0.1, 0.15) is 11.5 Å². The van der Waals surface area contributed by atoms with Crippen molar-refractivity contribution in [2.75, 3.05) is 5.01 Å². The Morgan fingerprint density at radius 2 is 1.38 bits per heavy atom. The third kappa shape index (κ3) is 3.20. The first-order valence-electron chi connectivity index (χ1n) is 6.83. The number of hydrazone groups is 1. The maximum Gasteiger partial charge on any atom is 0.147 e. The number of hydrogen-bond donors (Lipinski definition) is 0. The van der Waals surface area contributed by atoms with E-state index in [-0.39, 0.29) is 0 Å². The summed E-state index contributed by atoms with van der Waals surface area (Å²) in [5, 5.41) is 6.45. The zero-order valence-corrected chi connectivity index (χ0v) is 11.8. The van der Waals surface area contributed by atoms with E-state index in [1.54, 1.807) is 6.21 Å².